The number of thiophene rings is 1. The summed E-state index contributed by atoms with van der Waals surface area (Å²) in [5.74, 6) is 1.91. The van der Waals surface area contributed by atoms with Gasteiger partial charge in [0.05, 0.1) is 15.7 Å². The number of rotatable bonds is 7. The van der Waals surface area contributed by atoms with Gasteiger partial charge in [-0.3, -0.25) is 0 Å². The topological polar surface area (TPSA) is 43.6 Å². The fraction of sp³-hybridized carbons (Fsp3) is 0. The number of para-hydroxylation sites is 1. The molecule has 0 spiro atoms. The maximum atomic E-state index is 5.29. The minimum Gasteiger partial charge on any atom is -0.308 e. The first-order valence-electron chi connectivity index (χ1n) is 20.8. The largest absolute Gasteiger partial charge is 0.308 e. The second-order valence-corrected chi connectivity index (χ2v) is 16.6. The highest BCUT2D eigenvalue weighted by molar-refractivity contribution is 7.27. The van der Waals surface area contributed by atoms with Crippen LogP contribution in [0.5, 0.6) is 0 Å². The minimum absolute atomic E-state index is 0.634. The first kappa shape index (κ1) is 35.9. The molecule has 3 aromatic heterocycles. The van der Waals surface area contributed by atoms with E-state index in [1.807, 2.05) is 23.5 Å². The Morgan fingerprint density at radius 3 is 1.47 bits per heavy atom. The first-order chi connectivity index (χ1) is 30.7. The van der Waals surface area contributed by atoms with E-state index in [9.17, 15) is 0 Å². The Bertz CT molecular complexity index is 3590. The summed E-state index contributed by atoms with van der Waals surface area (Å²) >= 11 is 1.82. The van der Waals surface area contributed by atoms with Gasteiger partial charge in [-0.25, -0.2) is 15.0 Å². The van der Waals surface area contributed by atoms with Crippen LogP contribution < -0.4 is 0 Å². The smallest absolute Gasteiger partial charge is 0.165 e. The van der Waals surface area contributed by atoms with Crippen LogP contribution in [0.3, 0.4) is 0 Å². The van der Waals surface area contributed by atoms with E-state index in [2.05, 4.69) is 211 Å². The van der Waals surface area contributed by atoms with E-state index in [1.165, 1.54) is 54.0 Å². The number of benzene rings is 9. The molecule has 0 aliphatic carbocycles. The van der Waals surface area contributed by atoms with Crippen LogP contribution in [0, 0.1) is 0 Å². The van der Waals surface area contributed by atoms with Gasteiger partial charge in [0.25, 0.3) is 0 Å². The van der Waals surface area contributed by atoms with Crippen LogP contribution in [0.15, 0.2) is 218 Å². The summed E-state index contributed by atoms with van der Waals surface area (Å²) in [4.78, 5) is 15.7. The van der Waals surface area contributed by atoms with Crippen molar-refractivity contribution in [3.63, 3.8) is 0 Å². The van der Waals surface area contributed by atoms with Crippen LogP contribution in [0.25, 0.3) is 115 Å². The van der Waals surface area contributed by atoms with Gasteiger partial charge in [0.1, 0.15) is 0 Å². The molecule has 0 radical (unpaired) electrons. The van der Waals surface area contributed by atoms with Gasteiger partial charge in [-0.2, -0.15) is 0 Å². The predicted octanol–water partition coefficient (Wildman–Crippen LogP) is 15.3. The molecule has 3 heterocycles. The minimum atomic E-state index is 0.634. The average Bonchev–Trinajstić information content (AvgIpc) is 3.91. The van der Waals surface area contributed by atoms with Crippen molar-refractivity contribution >= 4 is 53.3 Å². The Morgan fingerprint density at radius 2 is 0.774 bits per heavy atom. The third-order valence-corrected chi connectivity index (χ3v) is 13.1. The van der Waals surface area contributed by atoms with Crippen LogP contribution in [0.4, 0.5) is 0 Å². The van der Waals surface area contributed by atoms with E-state index in [0.717, 1.165) is 43.8 Å². The lowest BCUT2D eigenvalue weighted by molar-refractivity contribution is 1.08. The molecule has 290 valence electrons. The zero-order chi connectivity index (χ0) is 41.0. The number of fused-ring (bicyclic) bond motifs is 7. The van der Waals surface area contributed by atoms with Crippen molar-refractivity contribution in [3.05, 3.63) is 218 Å². The molecular weight excluding hydrogens is 773 g/mol. The van der Waals surface area contributed by atoms with Crippen LogP contribution in [0.1, 0.15) is 0 Å². The summed E-state index contributed by atoms with van der Waals surface area (Å²) in [7, 11) is 0. The van der Waals surface area contributed by atoms with Gasteiger partial charge < -0.3 is 4.57 Å². The molecule has 12 aromatic rings. The van der Waals surface area contributed by atoms with Crippen LogP contribution in [-0.2, 0) is 0 Å². The summed E-state index contributed by atoms with van der Waals surface area (Å²) in [5, 5.41) is 4.86. The quantitative estimate of drug-likeness (QED) is 0.161. The highest BCUT2D eigenvalue weighted by Gasteiger charge is 2.21. The Hall–Kier alpha value is -7.99. The van der Waals surface area contributed by atoms with Crippen LogP contribution >= 0.6 is 11.3 Å². The van der Waals surface area contributed by atoms with E-state index in [-0.39, 0.29) is 0 Å². The Labute approximate surface area is 362 Å². The van der Waals surface area contributed by atoms with Crippen molar-refractivity contribution in [1.29, 1.82) is 0 Å². The third-order valence-electron chi connectivity index (χ3n) is 11.9. The van der Waals surface area contributed by atoms with Crippen molar-refractivity contribution < 1.29 is 0 Å². The van der Waals surface area contributed by atoms with Gasteiger partial charge in [0.2, 0.25) is 0 Å². The SMILES string of the molecule is c1ccc(-c2ccc(-c3nc(-c4cccc(-c5ccccc5)c4)nc(-c4cccc5c4sc4c5ccc5c6ccccc6n(-c6ccc(-c7ccccc7)cc6)c54)n3)cc2)cc1. The first-order valence-corrected chi connectivity index (χ1v) is 21.7. The van der Waals surface area contributed by atoms with E-state index >= 15 is 0 Å². The zero-order valence-corrected chi connectivity index (χ0v) is 34.3. The summed E-state index contributed by atoms with van der Waals surface area (Å²) in [5.41, 5.74) is 13.3. The molecule has 0 saturated heterocycles. The molecule has 9 aromatic carbocycles. The molecule has 0 amide bonds. The van der Waals surface area contributed by atoms with E-state index in [1.54, 1.807) is 0 Å². The standard InChI is InChI=1S/C57H36N4S/c1-4-14-37(15-5-1)40-26-28-42(29-27-40)55-58-56(44-21-12-20-43(36-44)39-18-8-3-9-19-39)60-57(59-55)50-24-13-23-48-49-35-34-47-46-22-10-11-25-51(46)61(52(47)54(49)62-53(48)50)45-32-30-41(31-33-45)38-16-6-2-7-17-38/h1-36H. The van der Waals surface area contributed by atoms with Crippen molar-refractivity contribution in [1.82, 2.24) is 19.5 Å². The molecule has 0 atom stereocenters. The monoisotopic (exact) mass is 808 g/mol. The van der Waals surface area contributed by atoms with Crippen molar-refractivity contribution in [3.8, 4) is 73.2 Å². The van der Waals surface area contributed by atoms with Gasteiger partial charge in [-0.1, -0.05) is 188 Å². The third kappa shape index (κ3) is 6.18. The molecule has 0 N–H and O–H groups in total. The Kier molecular flexibility index (Phi) is 8.65. The molecular formula is C57H36N4S. The zero-order valence-electron chi connectivity index (χ0n) is 33.5. The highest BCUT2D eigenvalue weighted by atomic mass is 32.1. The maximum Gasteiger partial charge on any atom is 0.165 e. The summed E-state index contributed by atoms with van der Waals surface area (Å²) in [6.07, 6.45) is 0. The summed E-state index contributed by atoms with van der Waals surface area (Å²) < 4.78 is 4.82. The second kappa shape index (κ2) is 14.9. The normalized spacial score (nSPS) is 11.5. The number of hydrogen-bond acceptors (Lipinski definition) is 4. The number of nitrogens with zero attached hydrogens (tertiary/aromatic N) is 4. The van der Waals surface area contributed by atoms with Gasteiger partial charge >= 0.3 is 0 Å². The van der Waals surface area contributed by atoms with Crippen molar-refractivity contribution in [2.45, 2.75) is 0 Å². The van der Waals surface area contributed by atoms with E-state index in [4.69, 9.17) is 15.0 Å². The van der Waals surface area contributed by atoms with Crippen molar-refractivity contribution in [2.24, 2.45) is 0 Å². The fourth-order valence-corrected chi connectivity index (χ4v) is 10.2. The molecule has 0 aliphatic heterocycles. The van der Waals surface area contributed by atoms with Gasteiger partial charge in [0, 0.05) is 48.6 Å². The molecule has 0 saturated carbocycles. The highest BCUT2D eigenvalue weighted by Crippen LogP contribution is 2.45. The lowest BCUT2D eigenvalue weighted by Crippen LogP contribution is -2.00. The summed E-state index contributed by atoms with van der Waals surface area (Å²) in [6, 6.07) is 77.3. The van der Waals surface area contributed by atoms with Crippen LogP contribution in [-0.4, -0.2) is 19.5 Å². The predicted molar refractivity (Wildman–Crippen MR) is 260 cm³/mol. The molecule has 0 aliphatic rings. The second-order valence-electron chi connectivity index (χ2n) is 15.6. The number of hydrogen-bond donors (Lipinski definition) is 0. The molecule has 0 bridgehead atoms. The van der Waals surface area contributed by atoms with E-state index < -0.39 is 0 Å². The maximum absolute atomic E-state index is 5.29. The molecule has 62 heavy (non-hydrogen) atoms. The lowest BCUT2D eigenvalue weighted by atomic mass is 10.0. The van der Waals surface area contributed by atoms with Crippen LogP contribution in [0.2, 0.25) is 0 Å². The van der Waals surface area contributed by atoms with Gasteiger partial charge in [0.15, 0.2) is 17.5 Å². The lowest BCUT2D eigenvalue weighted by Gasteiger charge is -2.11. The molecule has 0 fully saturated rings. The Balaban J connectivity index is 1.05. The number of aromatic nitrogens is 4. The van der Waals surface area contributed by atoms with Crippen molar-refractivity contribution in [2.75, 3.05) is 0 Å². The van der Waals surface area contributed by atoms with Gasteiger partial charge in [-0.15, -0.1) is 11.3 Å². The van der Waals surface area contributed by atoms with E-state index in [0.29, 0.717) is 17.5 Å². The molecule has 0 unspecified atom stereocenters. The Morgan fingerprint density at radius 1 is 0.306 bits per heavy atom. The summed E-state index contributed by atoms with van der Waals surface area (Å²) in [6.45, 7) is 0. The fourth-order valence-electron chi connectivity index (χ4n) is 8.85. The average molecular weight is 809 g/mol. The van der Waals surface area contributed by atoms with Gasteiger partial charge in [-0.05, 0) is 63.7 Å². The molecule has 4 nitrogen and oxygen atoms in total. The molecule has 5 heteroatoms. The molecule has 12 rings (SSSR count).